The van der Waals surface area contributed by atoms with E-state index < -0.39 is 15.6 Å². The third-order valence-corrected chi connectivity index (χ3v) is 5.73. The lowest BCUT2D eigenvalue weighted by Gasteiger charge is -2.39. The highest BCUT2D eigenvalue weighted by atomic mass is 32.3. The van der Waals surface area contributed by atoms with Crippen LogP contribution in [0.15, 0.2) is 0 Å². The molecule has 0 aliphatic carbocycles. The second-order valence-corrected chi connectivity index (χ2v) is 9.52. The maximum Gasteiger partial charge on any atom is 0.408 e. The lowest BCUT2D eigenvalue weighted by molar-refractivity contribution is 0.0538. The van der Waals surface area contributed by atoms with Gasteiger partial charge in [-0.1, -0.05) is 0 Å². The molecule has 0 aromatic heterocycles. The van der Waals surface area contributed by atoms with Crippen LogP contribution in [0, 0.1) is 0 Å². The number of carbonyl (C=O) groups excluding carboxylic acids is 1. The fourth-order valence-corrected chi connectivity index (χ4v) is 3.79. The molecular formula is C11H24N2O2S. The minimum atomic E-state index is -0.665. The summed E-state index contributed by atoms with van der Waals surface area (Å²) in [4.78, 5) is 11.5. The lowest BCUT2D eigenvalue weighted by atomic mass is 10.2. The fraction of sp³-hybridized carbons (Fsp3) is 0.909. The quantitative estimate of drug-likeness (QED) is 0.779. The molecule has 5 heteroatoms. The molecule has 0 aromatic carbocycles. The third-order valence-electron chi connectivity index (χ3n) is 2.51. The van der Waals surface area contributed by atoms with E-state index in [4.69, 9.17) is 4.74 Å². The molecule has 1 aliphatic rings. The average molecular weight is 248 g/mol. The molecule has 1 fully saturated rings. The molecule has 0 radical (unpaired) electrons. The standard InChI is InChI=1S/C11H24N2O2S/c1-11(2,3)15-10(14)13-9-16(4)7-5-12-6-8-16/h12H,5-9H2,1-4H3,(H,13,14). The van der Waals surface area contributed by atoms with Crippen LogP contribution in [0.4, 0.5) is 4.79 Å². The highest BCUT2D eigenvalue weighted by molar-refractivity contribution is 8.33. The number of carbonyl (C=O) groups is 1. The zero-order valence-corrected chi connectivity index (χ0v) is 11.6. The Kier molecular flexibility index (Phi) is 4.50. The molecule has 0 saturated carbocycles. The fourth-order valence-electron chi connectivity index (χ4n) is 1.56. The van der Waals surface area contributed by atoms with Gasteiger partial charge in [-0.05, 0) is 38.5 Å². The van der Waals surface area contributed by atoms with Gasteiger partial charge in [-0.2, -0.15) is 0 Å². The van der Waals surface area contributed by atoms with Crippen molar-refractivity contribution >= 4 is 16.1 Å². The first-order chi connectivity index (χ1) is 7.31. The van der Waals surface area contributed by atoms with Gasteiger partial charge in [0.05, 0.1) is 5.88 Å². The Labute approximate surface area is 99.8 Å². The SMILES string of the molecule is CC(C)(C)OC(=O)NCS1(C)CCNCC1. The molecule has 1 heterocycles. The number of alkyl carbamates (subject to hydrolysis) is 1. The Morgan fingerprint density at radius 1 is 1.38 bits per heavy atom. The molecule has 0 unspecified atom stereocenters. The van der Waals surface area contributed by atoms with E-state index in [0.29, 0.717) is 0 Å². The van der Waals surface area contributed by atoms with Crippen molar-refractivity contribution in [3.05, 3.63) is 0 Å². The Morgan fingerprint density at radius 3 is 2.44 bits per heavy atom. The molecule has 4 nitrogen and oxygen atoms in total. The van der Waals surface area contributed by atoms with Crippen molar-refractivity contribution in [3.8, 4) is 0 Å². The van der Waals surface area contributed by atoms with E-state index in [9.17, 15) is 4.79 Å². The van der Waals surface area contributed by atoms with Crippen molar-refractivity contribution in [1.29, 1.82) is 0 Å². The number of amides is 1. The van der Waals surface area contributed by atoms with Gasteiger partial charge < -0.3 is 15.4 Å². The monoisotopic (exact) mass is 248 g/mol. The highest BCUT2D eigenvalue weighted by Gasteiger charge is 2.23. The molecule has 0 spiro atoms. The van der Waals surface area contributed by atoms with Gasteiger partial charge in [0.25, 0.3) is 0 Å². The van der Waals surface area contributed by atoms with Gasteiger partial charge in [0, 0.05) is 13.1 Å². The largest absolute Gasteiger partial charge is 0.444 e. The second kappa shape index (κ2) is 5.27. The summed E-state index contributed by atoms with van der Waals surface area (Å²) in [5, 5.41) is 6.24. The summed E-state index contributed by atoms with van der Waals surface area (Å²) in [6.07, 6.45) is 2.00. The number of ether oxygens (including phenoxy) is 1. The normalized spacial score (nSPS) is 22.2. The summed E-state index contributed by atoms with van der Waals surface area (Å²) in [5.41, 5.74) is -0.408. The number of nitrogens with one attached hydrogen (secondary N) is 2. The van der Waals surface area contributed by atoms with Crippen molar-refractivity contribution in [2.24, 2.45) is 0 Å². The van der Waals surface area contributed by atoms with Crippen LogP contribution in [0.3, 0.4) is 0 Å². The smallest absolute Gasteiger partial charge is 0.408 e. The van der Waals surface area contributed by atoms with Crippen molar-refractivity contribution in [1.82, 2.24) is 10.6 Å². The molecular weight excluding hydrogens is 224 g/mol. The first-order valence-corrected chi connectivity index (χ1v) is 8.25. The predicted molar refractivity (Wildman–Crippen MR) is 70.4 cm³/mol. The maximum absolute atomic E-state index is 11.5. The molecule has 96 valence electrons. The van der Waals surface area contributed by atoms with Crippen LogP contribution in [-0.2, 0) is 4.74 Å². The summed E-state index contributed by atoms with van der Waals surface area (Å²) in [6.45, 7) is 7.78. The van der Waals surface area contributed by atoms with Crippen LogP contribution < -0.4 is 10.6 Å². The van der Waals surface area contributed by atoms with Gasteiger partial charge in [-0.25, -0.2) is 14.8 Å². The van der Waals surface area contributed by atoms with Gasteiger partial charge in [0.2, 0.25) is 0 Å². The molecule has 1 rings (SSSR count). The Hall–Kier alpha value is -0.420. The second-order valence-electron chi connectivity index (χ2n) is 5.46. The first kappa shape index (κ1) is 13.6. The van der Waals surface area contributed by atoms with Crippen LogP contribution in [0.2, 0.25) is 0 Å². The number of hydrogen-bond donors (Lipinski definition) is 2. The van der Waals surface area contributed by atoms with E-state index in [0.717, 1.165) is 19.0 Å². The molecule has 1 aliphatic heterocycles. The average Bonchev–Trinajstić information content (AvgIpc) is 2.14. The maximum atomic E-state index is 11.5. The lowest BCUT2D eigenvalue weighted by Crippen LogP contribution is -2.40. The number of hydrogen-bond acceptors (Lipinski definition) is 3. The zero-order valence-electron chi connectivity index (χ0n) is 10.8. The summed E-state index contributed by atoms with van der Waals surface area (Å²) in [5.74, 6) is 3.15. The van der Waals surface area contributed by atoms with Crippen LogP contribution in [-0.4, -0.2) is 48.4 Å². The van der Waals surface area contributed by atoms with Gasteiger partial charge in [0.15, 0.2) is 0 Å². The molecule has 1 amide bonds. The predicted octanol–water partition coefficient (Wildman–Crippen LogP) is 1.51. The van der Waals surface area contributed by atoms with Crippen molar-refractivity contribution in [2.45, 2.75) is 26.4 Å². The van der Waals surface area contributed by atoms with Gasteiger partial charge in [-0.3, -0.25) is 0 Å². The minimum absolute atomic E-state index is 0.292. The Bertz CT molecular complexity index is 245. The van der Waals surface area contributed by atoms with E-state index in [1.54, 1.807) is 0 Å². The number of rotatable bonds is 2. The summed E-state index contributed by atoms with van der Waals surface area (Å²) < 4.78 is 5.22. The van der Waals surface area contributed by atoms with Gasteiger partial charge in [-0.15, -0.1) is 0 Å². The Balaban J connectivity index is 2.30. The topological polar surface area (TPSA) is 50.4 Å². The van der Waals surface area contributed by atoms with Crippen LogP contribution >= 0.6 is 10.0 Å². The summed E-state index contributed by atoms with van der Waals surface area (Å²) in [7, 11) is -0.665. The molecule has 0 aromatic rings. The van der Waals surface area contributed by atoms with E-state index in [1.807, 2.05) is 20.8 Å². The highest BCUT2D eigenvalue weighted by Crippen LogP contribution is 2.42. The van der Waals surface area contributed by atoms with E-state index in [1.165, 1.54) is 11.5 Å². The minimum Gasteiger partial charge on any atom is -0.444 e. The van der Waals surface area contributed by atoms with Crippen molar-refractivity contribution < 1.29 is 9.53 Å². The summed E-state index contributed by atoms with van der Waals surface area (Å²) in [6, 6.07) is 0. The van der Waals surface area contributed by atoms with Crippen LogP contribution in [0.5, 0.6) is 0 Å². The zero-order chi connectivity index (χ0) is 12.2. The third kappa shape index (κ3) is 5.07. The van der Waals surface area contributed by atoms with Crippen LogP contribution in [0.25, 0.3) is 0 Å². The van der Waals surface area contributed by atoms with E-state index in [-0.39, 0.29) is 6.09 Å². The first-order valence-electron chi connectivity index (χ1n) is 5.70. The summed E-state index contributed by atoms with van der Waals surface area (Å²) >= 11 is 0. The van der Waals surface area contributed by atoms with Crippen molar-refractivity contribution in [3.63, 3.8) is 0 Å². The van der Waals surface area contributed by atoms with Gasteiger partial charge in [0.1, 0.15) is 5.60 Å². The molecule has 2 N–H and O–H groups in total. The molecule has 16 heavy (non-hydrogen) atoms. The van der Waals surface area contributed by atoms with Crippen molar-refractivity contribution in [2.75, 3.05) is 36.7 Å². The molecule has 0 atom stereocenters. The molecule has 0 bridgehead atoms. The van der Waals surface area contributed by atoms with E-state index >= 15 is 0 Å². The van der Waals surface area contributed by atoms with Crippen LogP contribution in [0.1, 0.15) is 20.8 Å². The van der Waals surface area contributed by atoms with Gasteiger partial charge >= 0.3 is 6.09 Å². The Morgan fingerprint density at radius 2 is 1.94 bits per heavy atom. The van der Waals surface area contributed by atoms with E-state index in [2.05, 4.69) is 16.9 Å². The molecule has 1 saturated heterocycles.